The van der Waals surface area contributed by atoms with Gasteiger partial charge in [0.05, 0.1) is 25.4 Å². The number of carbonyl (C=O) groups excluding carboxylic acids is 2. The molecule has 0 aliphatic heterocycles. The zero-order chi connectivity index (χ0) is 60.6. The zero-order valence-corrected chi connectivity index (χ0v) is 57.7. The fourth-order valence-electron chi connectivity index (χ4n) is 12.9. The molecule has 0 aromatic rings. The first-order chi connectivity index (χ1) is 41.5. The van der Waals surface area contributed by atoms with Crippen molar-refractivity contribution in [2.75, 3.05) is 13.2 Å². The maximum Gasteiger partial charge on any atom is 0.305 e. The molecule has 0 aromatic carbocycles. The number of ether oxygens (including phenoxy) is 1. The molecule has 0 radical (unpaired) electrons. The molecule has 1 amide bonds. The fraction of sp³-hybridized carbons (Fsp3) is 0.974. The molecule has 0 fully saturated rings. The highest BCUT2D eigenvalue weighted by Gasteiger charge is 2.20. The molecule has 0 aliphatic carbocycles. The second-order valence-electron chi connectivity index (χ2n) is 27.4. The van der Waals surface area contributed by atoms with Gasteiger partial charge in [-0.3, -0.25) is 9.59 Å². The smallest absolute Gasteiger partial charge is 0.305 e. The first-order valence-electron chi connectivity index (χ1n) is 39.3. The number of aliphatic hydroxyl groups excluding tert-OH is 2. The minimum atomic E-state index is -0.658. The largest absolute Gasteiger partial charge is 0.466 e. The van der Waals surface area contributed by atoms with Crippen LogP contribution in [0.5, 0.6) is 0 Å². The maximum absolute atomic E-state index is 12.5. The van der Waals surface area contributed by atoms with Crippen LogP contribution in [0.1, 0.15) is 463 Å². The molecule has 0 spiro atoms. The van der Waals surface area contributed by atoms with Crippen molar-refractivity contribution in [1.82, 2.24) is 5.32 Å². The van der Waals surface area contributed by atoms with E-state index in [4.69, 9.17) is 4.74 Å². The van der Waals surface area contributed by atoms with Crippen LogP contribution in [0.15, 0.2) is 0 Å². The second kappa shape index (κ2) is 74.3. The van der Waals surface area contributed by atoms with Gasteiger partial charge in [-0.2, -0.15) is 0 Å². The number of hydrogen-bond donors (Lipinski definition) is 3. The van der Waals surface area contributed by atoms with Crippen LogP contribution < -0.4 is 5.32 Å². The number of hydrogen-bond acceptors (Lipinski definition) is 5. The van der Waals surface area contributed by atoms with Gasteiger partial charge in [-0.05, 0) is 25.7 Å². The Balaban J connectivity index is 3.26. The van der Waals surface area contributed by atoms with Gasteiger partial charge in [-0.25, -0.2) is 0 Å². The summed E-state index contributed by atoms with van der Waals surface area (Å²) in [5, 5.41) is 23.3. The number of esters is 1. The number of aliphatic hydroxyl groups is 2. The van der Waals surface area contributed by atoms with Gasteiger partial charge < -0.3 is 20.3 Å². The van der Waals surface area contributed by atoms with E-state index in [2.05, 4.69) is 19.2 Å². The molecule has 0 aromatic heterocycles. The van der Waals surface area contributed by atoms with Gasteiger partial charge in [0.1, 0.15) is 0 Å². The quantitative estimate of drug-likeness (QED) is 0.0417. The van der Waals surface area contributed by atoms with Crippen molar-refractivity contribution < 1.29 is 24.5 Å². The van der Waals surface area contributed by atoms with Crippen LogP contribution in [0.3, 0.4) is 0 Å². The third kappa shape index (κ3) is 70.0. The van der Waals surface area contributed by atoms with E-state index in [9.17, 15) is 19.8 Å². The van der Waals surface area contributed by atoms with Crippen LogP contribution in [-0.2, 0) is 14.3 Å². The summed E-state index contributed by atoms with van der Waals surface area (Å²) in [4.78, 5) is 24.6. The van der Waals surface area contributed by atoms with E-state index < -0.39 is 12.1 Å². The van der Waals surface area contributed by atoms with Crippen LogP contribution in [-0.4, -0.2) is 47.4 Å². The molecule has 3 N–H and O–H groups in total. The number of unbranched alkanes of at least 4 members (excludes halogenated alkanes) is 64. The van der Waals surface area contributed by atoms with E-state index in [0.717, 1.165) is 38.5 Å². The SMILES string of the molecule is CCCCCCCCCCCCCCCCC(=O)OCCCCCCCCCCCCCCCCCCCCCCCCCCCCCCCCCCCCCCCCCC(=O)NC(CO)C(O)CCCCCCCCCCCCCCCC. The number of amides is 1. The minimum absolute atomic E-state index is 0.0251. The summed E-state index contributed by atoms with van der Waals surface area (Å²) in [7, 11) is 0. The number of rotatable bonds is 75. The molecule has 2 unspecified atom stereocenters. The van der Waals surface area contributed by atoms with E-state index >= 15 is 0 Å². The van der Waals surface area contributed by atoms with E-state index in [-0.39, 0.29) is 18.5 Å². The van der Waals surface area contributed by atoms with E-state index in [1.54, 1.807) is 0 Å². The Morgan fingerprint density at radius 2 is 0.488 bits per heavy atom. The molecule has 84 heavy (non-hydrogen) atoms. The van der Waals surface area contributed by atoms with Crippen LogP contribution in [0.25, 0.3) is 0 Å². The molecule has 6 nitrogen and oxygen atoms in total. The van der Waals surface area contributed by atoms with Crippen molar-refractivity contribution in [2.24, 2.45) is 0 Å². The lowest BCUT2D eigenvalue weighted by molar-refractivity contribution is -0.143. The average molecular weight is 1190 g/mol. The molecule has 0 heterocycles. The van der Waals surface area contributed by atoms with Crippen LogP contribution >= 0.6 is 0 Å². The van der Waals surface area contributed by atoms with Crippen molar-refractivity contribution in [3.8, 4) is 0 Å². The van der Waals surface area contributed by atoms with Crippen molar-refractivity contribution in [1.29, 1.82) is 0 Å². The van der Waals surface area contributed by atoms with Crippen LogP contribution in [0.4, 0.5) is 0 Å². The van der Waals surface area contributed by atoms with Crippen LogP contribution in [0, 0.1) is 0 Å². The molecule has 0 aliphatic rings. The minimum Gasteiger partial charge on any atom is -0.466 e. The van der Waals surface area contributed by atoms with Crippen molar-refractivity contribution >= 4 is 11.9 Å². The normalized spacial score (nSPS) is 12.4. The van der Waals surface area contributed by atoms with Gasteiger partial charge in [0.25, 0.3) is 0 Å². The summed E-state index contributed by atoms with van der Waals surface area (Å²) in [6, 6.07) is -0.535. The Morgan fingerprint density at radius 1 is 0.286 bits per heavy atom. The Bertz CT molecular complexity index is 1230. The summed E-state index contributed by atoms with van der Waals surface area (Å²) in [5.41, 5.74) is 0. The van der Waals surface area contributed by atoms with Gasteiger partial charge in [-0.15, -0.1) is 0 Å². The molecule has 6 heteroatoms. The summed E-state index contributed by atoms with van der Waals surface area (Å²) in [6.45, 7) is 5.01. The molecule has 2 atom stereocenters. The Morgan fingerprint density at radius 3 is 0.726 bits per heavy atom. The molecular weight excluding hydrogens is 1030 g/mol. The monoisotopic (exact) mass is 1190 g/mol. The van der Waals surface area contributed by atoms with Crippen LogP contribution in [0.2, 0.25) is 0 Å². The van der Waals surface area contributed by atoms with Crippen molar-refractivity contribution in [3.05, 3.63) is 0 Å². The maximum atomic E-state index is 12.5. The first-order valence-corrected chi connectivity index (χ1v) is 39.3. The van der Waals surface area contributed by atoms with E-state index in [0.29, 0.717) is 25.9 Å². The Labute approximate surface area is 527 Å². The van der Waals surface area contributed by atoms with E-state index in [1.807, 2.05) is 0 Å². The zero-order valence-electron chi connectivity index (χ0n) is 57.7. The summed E-state index contributed by atoms with van der Waals surface area (Å²) >= 11 is 0. The topological polar surface area (TPSA) is 95.9 Å². The predicted molar refractivity (Wildman–Crippen MR) is 371 cm³/mol. The average Bonchev–Trinajstić information content (AvgIpc) is 3.52. The highest BCUT2D eigenvalue weighted by atomic mass is 16.5. The lowest BCUT2D eigenvalue weighted by Gasteiger charge is -2.22. The third-order valence-corrected chi connectivity index (χ3v) is 18.9. The highest BCUT2D eigenvalue weighted by Crippen LogP contribution is 2.21. The summed E-state index contributed by atoms with van der Waals surface area (Å²) in [6.07, 6.45) is 92.1. The molecular formula is C78H155NO5. The first kappa shape index (κ1) is 82.9. The lowest BCUT2D eigenvalue weighted by atomic mass is 10.0. The summed E-state index contributed by atoms with van der Waals surface area (Å²) < 4.78 is 5.50. The Kier molecular flexibility index (Phi) is 73.3. The Hall–Kier alpha value is -1.14. The van der Waals surface area contributed by atoms with Gasteiger partial charge in [0.15, 0.2) is 0 Å². The predicted octanol–water partition coefficient (Wildman–Crippen LogP) is 25.7. The number of carbonyl (C=O) groups is 2. The summed E-state index contributed by atoms with van der Waals surface area (Å²) in [5.74, 6) is 0.00249. The molecule has 0 saturated heterocycles. The highest BCUT2D eigenvalue weighted by molar-refractivity contribution is 5.76. The molecule has 0 rings (SSSR count). The lowest BCUT2D eigenvalue weighted by Crippen LogP contribution is -2.45. The second-order valence-corrected chi connectivity index (χ2v) is 27.4. The van der Waals surface area contributed by atoms with E-state index in [1.165, 1.54) is 392 Å². The fourth-order valence-corrected chi connectivity index (χ4v) is 12.9. The molecule has 502 valence electrons. The molecule has 0 saturated carbocycles. The molecule has 0 bridgehead atoms. The third-order valence-electron chi connectivity index (χ3n) is 18.9. The van der Waals surface area contributed by atoms with Crippen molar-refractivity contribution in [2.45, 2.75) is 475 Å². The van der Waals surface area contributed by atoms with Gasteiger partial charge >= 0.3 is 5.97 Å². The van der Waals surface area contributed by atoms with Gasteiger partial charge in [0, 0.05) is 12.8 Å². The number of nitrogens with one attached hydrogen (secondary N) is 1. The van der Waals surface area contributed by atoms with Gasteiger partial charge in [-0.1, -0.05) is 425 Å². The standard InChI is InChI=1S/C78H155NO5/c1-3-5-7-9-11-13-15-17-46-50-54-58-62-66-70-76(81)75(74-80)79-77(82)71-67-63-59-55-51-47-44-42-40-38-36-34-32-30-28-26-24-22-20-19-21-23-25-27-29-31-33-35-37-39-41-43-45-49-53-57-61-65-69-73-84-78(83)72-68-64-60-56-52-48-18-16-14-12-10-8-6-4-2/h75-76,80-81H,3-74H2,1-2H3,(H,79,82). The van der Waals surface area contributed by atoms with Crippen molar-refractivity contribution in [3.63, 3.8) is 0 Å². The van der Waals surface area contributed by atoms with Gasteiger partial charge in [0.2, 0.25) is 5.91 Å².